The maximum Gasteiger partial charge on any atom is 0.340 e. The number of nitrogens with one attached hydrogen (secondary N) is 1. The van der Waals surface area contributed by atoms with Crippen molar-refractivity contribution in [3.63, 3.8) is 0 Å². The van der Waals surface area contributed by atoms with Gasteiger partial charge in [-0.15, -0.1) is 0 Å². The third kappa shape index (κ3) is 6.00. The first-order valence-electron chi connectivity index (χ1n) is 15.6. The van der Waals surface area contributed by atoms with Crippen molar-refractivity contribution in [2.24, 2.45) is 17.8 Å². The van der Waals surface area contributed by atoms with Gasteiger partial charge in [-0.25, -0.2) is 9.18 Å². The fourth-order valence-electron chi connectivity index (χ4n) is 7.22. The molecule has 1 fully saturated rings. The van der Waals surface area contributed by atoms with Crippen molar-refractivity contribution >= 4 is 11.7 Å². The topological polar surface area (TPSA) is 56.8 Å². The number of carbonyl (C=O) groups is 1. The Morgan fingerprint density at radius 2 is 1.88 bits per heavy atom. The molecule has 1 aliphatic carbocycles. The van der Waals surface area contributed by atoms with E-state index in [9.17, 15) is 4.79 Å². The Labute approximate surface area is 245 Å². The minimum Gasteiger partial charge on any atom is -0.490 e. The molecule has 2 aliphatic heterocycles. The first-order chi connectivity index (χ1) is 19.4. The highest BCUT2D eigenvalue weighted by molar-refractivity contribution is 5.88. The average molecular weight is 566 g/mol. The molecular weight excluding hydrogens is 517 g/mol. The molecule has 224 valence electrons. The molecule has 2 aromatic rings. The summed E-state index contributed by atoms with van der Waals surface area (Å²) in [6, 6.07) is 3.72. The Morgan fingerprint density at radius 1 is 1.12 bits per heavy atom. The lowest BCUT2D eigenvalue weighted by Crippen LogP contribution is -2.38. The molecule has 5 rings (SSSR count). The van der Waals surface area contributed by atoms with E-state index >= 15 is 4.39 Å². The van der Waals surface area contributed by atoms with Gasteiger partial charge in [-0.1, -0.05) is 27.2 Å². The number of hydrogen-bond donors (Lipinski definition) is 1. The van der Waals surface area contributed by atoms with Crippen LogP contribution in [-0.2, 0) is 27.1 Å². The second kappa shape index (κ2) is 11.6. The van der Waals surface area contributed by atoms with Gasteiger partial charge in [0.1, 0.15) is 6.10 Å². The standard InChI is InChI=1S/C35H48FNO4/c1-19(2)23-12-11-20(3)16-29(23)40-34(38)33(41-35(6,7)8)30-21(4)17-28-25(13-14-37-28)31(30)26-18-27(36)32-24(22(26)5)10-9-15-39-32/h17-20,23,29,33,37H,9-16H2,1-8H3/t20-,23+,29-,33+/m1/s1. The van der Waals surface area contributed by atoms with Crippen LogP contribution in [0.4, 0.5) is 10.1 Å². The normalized spacial score (nSPS) is 22.9. The van der Waals surface area contributed by atoms with Crippen LogP contribution in [0.5, 0.6) is 5.75 Å². The molecule has 0 bridgehead atoms. The largest absolute Gasteiger partial charge is 0.490 e. The van der Waals surface area contributed by atoms with Crippen LogP contribution in [0.1, 0.15) is 101 Å². The van der Waals surface area contributed by atoms with Crippen LogP contribution in [-0.4, -0.2) is 30.8 Å². The van der Waals surface area contributed by atoms with Crippen LogP contribution in [0, 0.1) is 37.4 Å². The second-order valence-electron chi connectivity index (χ2n) is 13.9. The molecule has 4 atom stereocenters. The van der Waals surface area contributed by atoms with Crippen LogP contribution in [0.25, 0.3) is 11.1 Å². The molecule has 0 unspecified atom stereocenters. The van der Waals surface area contributed by atoms with E-state index in [-0.39, 0.29) is 17.9 Å². The number of rotatable bonds is 6. The van der Waals surface area contributed by atoms with E-state index in [2.05, 4.69) is 39.1 Å². The van der Waals surface area contributed by atoms with E-state index in [1.54, 1.807) is 6.07 Å². The van der Waals surface area contributed by atoms with Gasteiger partial charge in [0.05, 0.1) is 12.2 Å². The highest BCUT2D eigenvalue weighted by Gasteiger charge is 2.39. The minimum atomic E-state index is -0.935. The van der Waals surface area contributed by atoms with E-state index < -0.39 is 11.7 Å². The Morgan fingerprint density at radius 3 is 2.59 bits per heavy atom. The fourth-order valence-corrected chi connectivity index (χ4v) is 7.22. The van der Waals surface area contributed by atoms with Crippen molar-refractivity contribution in [1.29, 1.82) is 0 Å². The van der Waals surface area contributed by atoms with Gasteiger partial charge < -0.3 is 19.5 Å². The monoisotopic (exact) mass is 565 g/mol. The molecular formula is C35H48FNO4. The van der Waals surface area contributed by atoms with Gasteiger partial charge in [-0.2, -0.15) is 0 Å². The van der Waals surface area contributed by atoms with Gasteiger partial charge in [0.15, 0.2) is 17.7 Å². The van der Waals surface area contributed by atoms with E-state index in [1.807, 2.05) is 27.7 Å². The summed E-state index contributed by atoms with van der Waals surface area (Å²) in [4.78, 5) is 14.3. The lowest BCUT2D eigenvalue weighted by atomic mass is 9.75. The number of halogens is 1. The molecule has 5 nitrogen and oxygen atoms in total. The zero-order valence-electron chi connectivity index (χ0n) is 26.2. The highest BCUT2D eigenvalue weighted by atomic mass is 19.1. The number of carbonyl (C=O) groups excluding carboxylic acids is 1. The van der Waals surface area contributed by atoms with E-state index in [0.29, 0.717) is 30.1 Å². The fraction of sp³-hybridized carbons (Fsp3) is 0.629. The molecule has 0 spiro atoms. The summed E-state index contributed by atoms with van der Waals surface area (Å²) in [5.74, 6) is 0.936. The zero-order chi connectivity index (χ0) is 29.6. The van der Waals surface area contributed by atoms with Gasteiger partial charge in [-0.05, 0) is 124 Å². The average Bonchev–Trinajstić information content (AvgIpc) is 3.36. The van der Waals surface area contributed by atoms with E-state index in [1.165, 1.54) is 0 Å². The molecule has 0 amide bonds. The Hall–Kier alpha value is -2.60. The summed E-state index contributed by atoms with van der Waals surface area (Å²) in [5.41, 5.74) is 6.90. The number of aryl methyl sites for hydroxylation is 1. The maximum atomic E-state index is 15.6. The number of anilines is 1. The molecule has 2 aromatic carbocycles. The first kappa shape index (κ1) is 29.9. The number of fused-ring (bicyclic) bond motifs is 2. The van der Waals surface area contributed by atoms with Crippen LogP contribution < -0.4 is 10.1 Å². The summed E-state index contributed by atoms with van der Waals surface area (Å²) in [7, 11) is 0. The van der Waals surface area contributed by atoms with Crippen molar-refractivity contribution in [3.05, 3.63) is 45.8 Å². The van der Waals surface area contributed by atoms with Crippen molar-refractivity contribution in [2.45, 2.75) is 112 Å². The number of hydrogen-bond acceptors (Lipinski definition) is 5. The molecule has 2 heterocycles. The third-order valence-corrected chi connectivity index (χ3v) is 9.25. The zero-order valence-corrected chi connectivity index (χ0v) is 26.2. The van der Waals surface area contributed by atoms with Gasteiger partial charge in [0.25, 0.3) is 0 Å². The van der Waals surface area contributed by atoms with Gasteiger partial charge in [0.2, 0.25) is 0 Å². The van der Waals surface area contributed by atoms with Crippen LogP contribution in [0.3, 0.4) is 0 Å². The van der Waals surface area contributed by atoms with Gasteiger partial charge in [-0.3, -0.25) is 0 Å². The van der Waals surface area contributed by atoms with E-state index in [4.69, 9.17) is 14.2 Å². The molecule has 3 aliphatic rings. The lowest BCUT2D eigenvalue weighted by Gasteiger charge is -2.38. The second-order valence-corrected chi connectivity index (χ2v) is 13.9. The van der Waals surface area contributed by atoms with E-state index in [0.717, 1.165) is 89.7 Å². The quantitative estimate of drug-likeness (QED) is 0.357. The Bertz CT molecular complexity index is 1310. The Balaban J connectivity index is 1.67. The maximum absolute atomic E-state index is 15.6. The molecule has 6 heteroatoms. The lowest BCUT2D eigenvalue weighted by molar-refractivity contribution is -0.178. The predicted octanol–water partition coefficient (Wildman–Crippen LogP) is 8.26. The van der Waals surface area contributed by atoms with Gasteiger partial charge in [0, 0.05) is 23.4 Å². The van der Waals surface area contributed by atoms with Crippen molar-refractivity contribution in [3.8, 4) is 16.9 Å². The van der Waals surface area contributed by atoms with Crippen LogP contribution >= 0.6 is 0 Å². The van der Waals surface area contributed by atoms with Crippen LogP contribution in [0.15, 0.2) is 12.1 Å². The number of benzene rings is 2. The molecule has 1 saturated carbocycles. The molecule has 0 saturated heterocycles. The van der Waals surface area contributed by atoms with Crippen molar-refractivity contribution in [1.82, 2.24) is 0 Å². The summed E-state index contributed by atoms with van der Waals surface area (Å²) in [6.45, 7) is 18.0. The number of ether oxygens (including phenoxy) is 3. The van der Waals surface area contributed by atoms with Crippen molar-refractivity contribution < 1.29 is 23.4 Å². The van der Waals surface area contributed by atoms with Crippen molar-refractivity contribution in [2.75, 3.05) is 18.5 Å². The Kier molecular flexibility index (Phi) is 8.44. The third-order valence-electron chi connectivity index (χ3n) is 9.25. The smallest absolute Gasteiger partial charge is 0.340 e. The highest BCUT2D eigenvalue weighted by Crippen LogP contribution is 2.47. The molecule has 1 N–H and O–H groups in total. The first-order valence-corrected chi connectivity index (χ1v) is 15.6. The summed E-state index contributed by atoms with van der Waals surface area (Å²) < 4.78 is 34.4. The molecule has 41 heavy (non-hydrogen) atoms. The van der Waals surface area contributed by atoms with Crippen LogP contribution in [0.2, 0.25) is 0 Å². The number of esters is 1. The summed E-state index contributed by atoms with van der Waals surface area (Å²) in [6.07, 6.45) is 4.43. The minimum absolute atomic E-state index is 0.141. The molecule has 0 aromatic heterocycles. The summed E-state index contributed by atoms with van der Waals surface area (Å²) in [5, 5.41) is 3.50. The van der Waals surface area contributed by atoms with Gasteiger partial charge >= 0.3 is 5.97 Å². The molecule has 0 radical (unpaired) electrons. The summed E-state index contributed by atoms with van der Waals surface area (Å²) >= 11 is 0. The predicted molar refractivity (Wildman–Crippen MR) is 162 cm³/mol. The SMILES string of the molecule is Cc1cc2c(c(-c3cc(F)c4c(c3C)CCCO4)c1[C@H](OC(C)(C)C)C(=O)O[C@@H]1C[C@H](C)CC[C@H]1C(C)C)CCN2.